The lowest BCUT2D eigenvalue weighted by Gasteiger charge is -2.18. The van der Waals surface area contributed by atoms with Gasteiger partial charge in [0.25, 0.3) is 5.91 Å². The number of carbonyl (C=O) groups excluding carboxylic acids is 1. The van der Waals surface area contributed by atoms with Gasteiger partial charge >= 0.3 is 0 Å². The summed E-state index contributed by atoms with van der Waals surface area (Å²) in [6, 6.07) is 5.98. The van der Waals surface area contributed by atoms with Crippen molar-refractivity contribution >= 4 is 17.7 Å². The highest BCUT2D eigenvalue weighted by atomic mass is 32.2. The summed E-state index contributed by atoms with van der Waals surface area (Å²) in [6.45, 7) is 6.85. The quantitative estimate of drug-likeness (QED) is 0.722. The molecular formula is C19H29NO2S. The largest absolute Gasteiger partial charge is 0.481 e. The van der Waals surface area contributed by atoms with Crippen molar-refractivity contribution in [2.45, 2.75) is 64.2 Å². The van der Waals surface area contributed by atoms with Gasteiger partial charge in [-0.05, 0) is 56.4 Å². The molecule has 0 aliphatic heterocycles. The molecule has 0 heterocycles. The van der Waals surface area contributed by atoms with E-state index in [-0.39, 0.29) is 5.91 Å². The summed E-state index contributed by atoms with van der Waals surface area (Å²) in [6.07, 6.45) is 5.68. The van der Waals surface area contributed by atoms with Crippen LogP contribution in [0.2, 0.25) is 0 Å². The Hall–Kier alpha value is -1.16. The minimum Gasteiger partial charge on any atom is -0.481 e. The van der Waals surface area contributed by atoms with E-state index in [1.165, 1.54) is 36.8 Å². The highest BCUT2D eigenvalue weighted by Crippen LogP contribution is 2.28. The second-order valence-corrected chi connectivity index (χ2v) is 7.74. The van der Waals surface area contributed by atoms with Gasteiger partial charge in [-0.3, -0.25) is 4.79 Å². The van der Waals surface area contributed by atoms with E-state index in [0.717, 1.165) is 23.3 Å². The Kier molecular flexibility index (Phi) is 7.28. The lowest BCUT2D eigenvalue weighted by molar-refractivity contribution is -0.127. The number of benzene rings is 1. The van der Waals surface area contributed by atoms with Crippen LogP contribution in [0.3, 0.4) is 0 Å². The Bertz CT molecular complexity index is 512. The van der Waals surface area contributed by atoms with E-state index in [4.69, 9.17) is 4.74 Å². The van der Waals surface area contributed by atoms with E-state index < -0.39 is 6.10 Å². The fraction of sp³-hybridized carbons (Fsp3) is 0.632. The van der Waals surface area contributed by atoms with Crippen molar-refractivity contribution < 1.29 is 9.53 Å². The Balaban J connectivity index is 1.75. The Morgan fingerprint density at radius 3 is 2.70 bits per heavy atom. The minimum atomic E-state index is -0.409. The normalized spacial score (nSPS) is 16.3. The zero-order valence-electron chi connectivity index (χ0n) is 14.6. The number of nitrogens with one attached hydrogen (secondary N) is 1. The van der Waals surface area contributed by atoms with Crippen molar-refractivity contribution in [1.82, 2.24) is 5.32 Å². The molecule has 1 aliphatic rings. The van der Waals surface area contributed by atoms with Crippen LogP contribution < -0.4 is 10.1 Å². The van der Waals surface area contributed by atoms with Gasteiger partial charge in [-0.25, -0.2) is 0 Å². The van der Waals surface area contributed by atoms with E-state index in [0.29, 0.717) is 6.42 Å². The number of thioether (sulfide) groups is 1. The number of carbonyl (C=O) groups is 1. The van der Waals surface area contributed by atoms with Crippen LogP contribution >= 0.6 is 11.8 Å². The molecule has 1 aliphatic carbocycles. The van der Waals surface area contributed by atoms with Gasteiger partial charge < -0.3 is 10.1 Å². The number of rotatable bonds is 8. The Morgan fingerprint density at radius 2 is 2.04 bits per heavy atom. The molecule has 128 valence electrons. The molecule has 1 fully saturated rings. The molecule has 3 nitrogen and oxygen atoms in total. The fourth-order valence-corrected chi connectivity index (χ4v) is 4.06. The lowest BCUT2D eigenvalue weighted by atomic mass is 10.1. The van der Waals surface area contributed by atoms with Crippen LogP contribution in [0.15, 0.2) is 18.2 Å². The highest BCUT2D eigenvalue weighted by molar-refractivity contribution is 7.99. The fourth-order valence-electron chi connectivity index (χ4n) is 2.84. The molecule has 1 aromatic rings. The Morgan fingerprint density at radius 1 is 1.30 bits per heavy atom. The maximum atomic E-state index is 12.3. The molecule has 23 heavy (non-hydrogen) atoms. The molecule has 1 aromatic carbocycles. The molecule has 0 spiro atoms. The van der Waals surface area contributed by atoms with Crippen LogP contribution in [0.5, 0.6) is 5.75 Å². The van der Waals surface area contributed by atoms with Gasteiger partial charge in [0, 0.05) is 17.5 Å². The van der Waals surface area contributed by atoms with Crippen molar-refractivity contribution in [3.63, 3.8) is 0 Å². The number of hydrogen-bond acceptors (Lipinski definition) is 3. The third kappa shape index (κ3) is 5.76. The van der Waals surface area contributed by atoms with Gasteiger partial charge in [0.05, 0.1) is 0 Å². The summed E-state index contributed by atoms with van der Waals surface area (Å²) in [5.41, 5.74) is 2.42. The predicted molar refractivity (Wildman–Crippen MR) is 98.3 cm³/mol. The van der Waals surface area contributed by atoms with E-state index in [9.17, 15) is 4.79 Å². The average Bonchev–Trinajstić information content (AvgIpc) is 3.05. The molecule has 1 amide bonds. The maximum Gasteiger partial charge on any atom is 0.261 e. The molecule has 1 unspecified atom stereocenters. The summed E-state index contributed by atoms with van der Waals surface area (Å²) < 4.78 is 5.87. The molecule has 0 radical (unpaired) electrons. The molecule has 0 bridgehead atoms. The van der Waals surface area contributed by atoms with Crippen LogP contribution in [-0.4, -0.2) is 29.6 Å². The first-order valence-corrected chi connectivity index (χ1v) is 9.78. The summed E-state index contributed by atoms with van der Waals surface area (Å²) in [7, 11) is 0. The molecular weight excluding hydrogens is 306 g/mol. The standard InChI is InChI=1S/C19H29NO2S/c1-4-18(22-16-10-9-14(2)15(3)13-16)19(21)20-11-12-23-17-7-5-6-8-17/h9-10,13,17-18H,4-8,11-12H2,1-3H3,(H,20,21). The summed E-state index contributed by atoms with van der Waals surface area (Å²) in [5.74, 6) is 1.77. The SMILES string of the molecule is CCC(Oc1ccc(C)c(C)c1)C(=O)NCCSC1CCCC1. The van der Waals surface area contributed by atoms with E-state index in [2.05, 4.69) is 19.2 Å². The van der Waals surface area contributed by atoms with Crippen LogP contribution in [0.1, 0.15) is 50.2 Å². The van der Waals surface area contributed by atoms with Crippen molar-refractivity contribution in [2.75, 3.05) is 12.3 Å². The number of ether oxygens (including phenoxy) is 1. The van der Waals surface area contributed by atoms with Gasteiger partial charge in [-0.15, -0.1) is 0 Å². The topological polar surface area (TPSA) is 38.3 Å². The number of hydrogen-bond donors (Lipinski definition) is 1. The summed E-state index contributed by atoms with van der Waals surface area (Å²) in [4.78, 5) is 12.3. The van der Waals surface area contributed by atoms with Crippen LogP contribution in [-0.2, 0) is 4.79 Å². The summed E-state index contributed by atoms with van der Waals surface area (Å²) in [5, 5.41) is 3.83. The van der Waals surface area contributed by atoms with Crippen LogP contribution in [0.4, 0.5) is 0 Å². The smallest absolute Gasteiger partial charge is 0.261 e. The third-order valence-corrected chi connectivity index (χ3v) is 5.86. The monoisotopic (exact) mass is 335 g/mol. The van der Waals surface area contributed by atoms with E-state index in [1.54, 1.807) is 0 Å². The Labute approximate surface area is 144 Å². The first-order valence-electron chi connectivity index (χ1n) is 8.73. The molecule has 0 aromatic heterocycles. The van der Waals surface area contributed by atoms with Crippen LogP contribution in [0.25, 0.3) is 0 Å². The number of aryl methyl sites for hydroxylation is 2. The van der Waals surface area contributed by atoms with Gasteiger partial charge in [-0.2, -0.15) is 11.8 Å². The van der Waals surface area contributed by atoms with Gasteiger partial charge in [0.15, 0.2) is 6.10 Å². The second-order valence-electron chi connectivity index (χ2n) is 6.33. The van der Waals surface area contributed by atoms with Crippen molar-refractivity contribution in [3.8, 4) is 5.75 Å². The first kappa shape index (κ1) is 18.2. The molecule has 1 atom stereocenters. The highest BCUT2D eigenvalue weighted by Gasteiger charge is 2.19. The van der Waals surface area contributed by atoms with Gasteiger partial charge in [0.1, 0.15) is 5.75 Å². The van der Waals surface area contributed by atoms with E-state index in [1.807, 2.05) is 36.9 Å². The lowest BCUT2D eigenvalue weighted by Crippen LogP contribution is -2.39. The first-order chi connectivity index (χ1) is 11.1. The maximum absolute atomic E-state index is 12.3. The summed E-state index contributed by atoms with van der Waals surface area (Å²) >= 11 is 2.00. The van der Waals surface area contributed by atoms with Crippen molar-refractivity contribution in [3.05, 3.63) is 29.3 Å². The van der Waals surface area contributed by atoms with Crippen molar-refractivity contribution in [2.24, 2.45) is 0 Å². The molecule has 0 saturated heterocycles. The van der Waals surface area contributed by atoms with E-state index >= 15 is 0 Å². The van der Waals surface area contributed by atoms with Crippen LogP contribution in [0, 0.1) is 13.8 Å². The molecule has 1 saturated carbocycles. The molecule has 4 heteroatoms. The second kappa shape index (κ2) is 9.21. The number of amides is 1. The van der Waals surface area contributed by atoms with Gasteiger partial charge in [-0.1, -0.05) is 25.8 Å². The van der Waals surface area contributed by atoms with Crippen molar-refractivity contribution in [1.29, 1.82) is 0 Å². The van der Waals surface area contributed by atoms with Gasteiger partial charge in [0.2, 0.25) is 0 Å². The third-order valence-electron chi connectivity index (χ3n) is 4.48. The zero-order valence-corrected chi connectivity index (χ0v) is 15.4. The molecule has 2 rings (SSSR count). The molecule has 1 N–H and O–H groups in total. The zero-order chi connectivity index (χ0) is 16.7. The predicted octanol–water partition coefficient (Wildman–Crippen LogP) is 4.25. The minimum absolute atomic E-state index is 0.00208. The average molecular weight is 336 g/mol.